The molecule has 1 amide bonds. The van der Waals surface area contributed by atoms with Crippen LogP contribution in [-0.2, 0) is 4.79 Å². The lowest BCUT2D eigenvalue weighted by molar-refractivity contribution is -0.118. The van der Waals surface area contributed by atoms with Crippen LogP contribution in [-0.4, -0.2) is 26.6 Å². The maximum Gasteiger partial charge on any atom is 0.244 e. The second-order valence-corrected chi connectivity index (χ2v) is 5.21. The number of thiazole rings is 1. The lowest BCUT2D eigenvalue weighted by Crippen LogP contribution is -2.31. The number of carbonyl (C=O) groups excluding carboxylic acids is 1. The predicted molar refractivity (Wildman–Crippen MR) is 70.8 cm³/mol. The molecule has 2 heterocycles. The summed E-state index contributed by atoms with van der Waals surface area (Å²) in [5, 5.41) is 1.06. The number of nitrogens with one attached hydrogen (secondary N) is 2. The molecule has 0 aromatic carbocycles. The highest BCUT2D eigenvalue weighted by atomic mass is 32.2. The molecule has 0 unspecified atom stereocenters. The predicted octanol–water partition coefficient (Wildman–Crippen LogP) is -0.238. The number of amides is 1. The minimum atomic E-state index is -0.288. The van der Waals surface area contributed by atoms with E-state index >= 15 is 0 Å². The van der Waals surface area contributed by atoms with Crippen LogP contribution in [0.5, 0.6) is 0 Å². The number of nitrogens with zero attached hydrogens (tertiary/aromatic N) is 3. The van der Waals surface area contributed by atoms with Gasteiger partial charge in [0.05, 0.1) is 16.1 Å². The summed E-state index contributed by atoms with van der Waals surface area (Å²) in [7, 11) is 0. The van der Waals surface area contributed by atoms with Crippen molar-refractivity contribution in [3.05, 3.63) is 5.69 Å². The summed E-state index contributed by atoms with van der Waals surface area (Å²) in [6.45, 7) is 1.86. The number of carbonyl (C=O) groups is 1. The molecular weight excluding hydrogens is 274 g/mol. The Morgan fingerprint density at radius 2 is 2.17 bits per heavy atom. The Bertz CT molecular complexity index is 584. The second kappa shape index (κ2) is 5.44. The number of hydrogen-bond donors (Lipinski definition) is 4. The van der Waals surface area contributed by atoms with Gasteiger partial charge in [-0.3, -0.25) is 15.6 Å². The zero-order valence-corrected chi connectivity index (χ0v) is 11.1. The summed E-state index contributed by atoms with van der Waals surface area (Å²) in [5.74, 6) is 10.2. The molecule has 0 atom stereocenters. The average molecular weight is 285 g/mol. The van der Waals surface area contributed by atoms with Crippen LogP contribution in [0.2, 0.25) is 0 Å². The molecule has 0 spiro atoms. The number of hydrogen-bond acceptors (Lipinski definition) is 9. The Morgan fingerprint density at radius 3 is 2.83 bits per heavy atom. The minimum Gasteiger partial charge on any atom is -0.300 e. The van der Waals surface area contributed by atoms with Crippen molar-refractivity contribution in [2.75, 3.05) is 11.2 Å². The first-order valence-corrected chi connectivity index (χ1v) is 6.68. The maximum absolute atomic E-state index is 11.0. The van der Waals surface area contributed by atoms with Crippen LogP contribution in [0.4, 0.5) is 5.13 Å². The molecule has 10 heteroatoms. The molecule has 96 valence electrons. The van der Waals surface area contributed by atoms with Gasteiger partial charge in [-0.1, -0.05) is 23.1 Å². The molecule has 2 aromatic rings. The fraction of sp³-hybridized carbons (Fsp3) is 0.250. The third-order valence-corrected chi connectivity index (χ3v) is 3.95. The van der Waals surface area contributed by atoms with Crippen LogP contribution in [0.3, 0.4) is 0 Å². The Balaban J connectivity index is 2.27. The van der Waals surface area contributed by atoms with Gasteiger partial charge in [0.25, 0.3) is 0 Å². The van der Waals surface area contributed by atoms with Crippen LogP contribution >= 0.6 is 23.1 Å². The number of aromatic nitrogens is 3. The number of rotatable bonds is 4. The Labute approximate surface area is 111 Å². The molecule has 0 aliphatic heterocycles. The largest absolute Gasteiger partial charge is 0.300 e. The van der Waals surface area contributed by atoms with Crippen LogP contribution in [0.25, 0.3) is 10.3 Å². The lowest BCUT2D eigenvalue weighted by Gasteiger charge is -2.00. The molecule has 2 rings (SSSR count). The summed E-state index contributed by atoms with van der Waals surface area (Å²) in [5.41, 5.74) is 5.89. The molecule has 0 fully saturated rings. The van der Waals surface area contributed by atoms with Crippen molar-refractivity contribution in [2.45, 2.75) is 12.1 Å². The molecule has 0 aliphatic carbocycles. The molecule has 0 aliphatic rings. The van der Waals surface area contributed by atoms with Gasteiger partial charge in [-0.2, -0.15) is 4.98 Å². The summed E-state index contributed by atoms with van der Waals surface area (Å²) in [6, 6.07) is 0. The topological polar surface area (TPSA) is 132 Å². The highest BCUT2D eigenvalue weighted by Gasteiger charge is 2.11. The summed E-state index contributed by atoms with van der Waals surface area (Å²) in [6.07, 6.45) is 0. The first kappa shape index (κ1) is 13.0. The number of aryl methyl sites for hydroxylation is 1. The van der Waals surface area contributed by atoms with E-state index in [0.29, 0.717) is 15.9 Å². The fourth-order valence-corrected chi connectivity index (χ4v) is 2.69. The smallest absolute Gasteiger partial charge is 0.244 e. The van der Waals surface area contributed by atoms with Crippen molar-refractivity contribution in [1.29, 1.82) is 0 Å². The fourth-order valence-electron chi connectivity index (χ4n) is 1.23. The van der Waals surface area contributed by atoms with Crippen LogP contribution < -0.4 is 22.5 Å². The van der Waals surface area contributed by atoms with Gasteiger partial charge in [0.15, 0.2) is 15.9 Å². The van der Waals surface area contributed by atoms with Gasteiger partial charge in [0, 0.05) is 0 Å². The van der Waals surface area contributed by atoms with E-state index in [4.69, 9.17) is 11.7 Å². The van der Waals surface area contributed by atoms with Gasteiger partial charge in [0.1, 0.15) is 0 Å². The second-order valence-electron chi connectivity index (χ2n) is 3.26. The minimum absolute atomic E-state index is 0.160. The molecule has 8 nitrogen and oxygen atoms in total. The van der Waals surface area contributed by atoms with Crippen molar-refractivity contribution in [3.63, 3.8) is 0 Å². The quantitative estimate of drug-likeness (QED) is 0.199. The molecule has 0 saturated heterocycles. The van der Waals surface area contributed by atoms with Crippen molar-refractivity contribution < 1.29 is 4.79 Å². The van der Waals surface area contributed by atoms with Gasteiger partial charge in [-0.15, -0.1) is 0 Å². The molecule has 0 radical (unpaired) electrons. The summed E-state index contributed by atoms with van der Waals surface area (Å²) < 4.78 is 0.871. The van der Waals surface area contributed by atoms with Crippen molar-refractivity contribution in [3.8, 4) is 0 Å². The van der Waals surface area contributed by atoms with Crippen molar-refractivity contribution in [2.24, 2.45) is 11.7 Å². The SMILES string of the molecule is Cc1nc(SCC(=O)NN)nc2nc(NN)sc12. The summed E-state index contributed by atoms with van der Waals surface area (Å²) in [4.78, 5) is 23.8. The van der Waals surface area contributed by atoms with E-state index in [1.165, 1.54) is 23.1 Å². The molecule has 18 heavy (non-hydrogen) atoms. The van der Waals surface area contributed by atoms with Gasteiger partial charge in [-0.05, 0) is 6.92 Å². The van der Waals surface area contributed by atoms with E-state index in [1.54, 1.807) is 0 Å². The van der Waals surface area contributed by atoms with Crippen LogP contribution in [0.1, 0.15) is 5.69 Å². The molecular formula is C8H11N7OS2. The zero-order chi connectivity index (χ0) is 13.1. The maximum atomic E-state index is 11.0. The van der Waals surface area contributed by atoms with Crippen LogP contribution in [0.15, 0.2) is 5.16 Å². The van der Waals surface area contributed by atoms with E-state index in [2.05, 4.69) is 20.4 Å². The lowest BCUT2D eigenvalue weighted by atomic mass is 10.4. The number of hydrazine groups is 2. The number of nitrogen functional groups attached to an aromatic ring is 1. The third-order valence-electron chi connectivity index (χ3n) is 2.02. The highest BCUT2D eigenvalue weighted by Crippen LogP contribution is 2.27. The van der Waals surface area contributed by atoms with Crippen molar-refractivity contribution >= 4 is 44.5 Å². The normalized spacial score (nSPS) is 10.6. The molecule has 0 bridgehead atoms. The van der Waals surface area contributed by atoms with E-state index in [1.807, 2.05) is 12.3 Å². The molecule has 0 saturated carbocycles. The summed E-state index contributed by atoms with van der Waals surface area (Å²) >= 11 is 2.58. The monoisotopic (exact) mass is 285 g/mol. The standard InChI is InChI=1S/C8H11N7OS2/c1-3-5-6(13-8(15-10)18-5)12-7(11-3)17-2-4(16)14-9/h2,9-10H2,1H3,(H,14,16)(H,11,12,13,15). The first-order chi connectivity index (χ1) is 8.63. The first-order valence-electron chi connectivity index (χ1n) is 4.88. The number of fused-ring (bicyclic) bond motifs is 1. The molecule has 2 aromatic heterocycles. The van der Waals surface area contributed by atoms with Gasteiger partial charge < -0.3 is 0 Å². The van der Waals surface area contributed by atoms with Crippen molar-refractivity contribution in [1.82, 2.24) is 20.4 Å². The molecule has 6 N–H and O–H groups in total. The average Bonchev–Trinajstić information content (AvgIpc) is 2.79. The van der Waals surface area contributed by atoms with Gasteiger partial charge in [0.2, 0.25) is 5.91 Å². The van der Waals surface area contributed by atoms with Crippen LogP contribution in [0, 0.1) is 6.92 Å². The third kappa shape index (κ3) is 2.67. The number of anilines is 1. The number of thioether (sulfide) groups is 1. The van der Waals surface area contributed by atoms with E-state index in [9.17, 15) is 4.79 Å². The Kier molecular flexibility index (Phi) is 3.91. The van der Waals surface area contributed by atoms with Gasteiger partial charge >= 0.3 is 0 Å². The number of nitrogens with two attached hydrogens (primary N) is 2. The van der Waals surface area contributed by atoms with Gasteiger partial charge in [-0.25, -0.2) is 21.7 Å². The Hall–Kier alpha value is -1.49. The van der Waals surface area contributed by atoms with E-state index < -0.39 is 0 Å². The Morgan fingerprint density at radius 1 is 1.39 bits per heavy atom. The van der Waals surface area contributed by atoms with E-state index in [0.717, 1.165) is 10.4 Å². The zero-order valence-electron chi connectivity index (χ0n) is 9.43. The highest BCUT2D eigenvalue weighted by molar-refractivity contribution is 7.99. The van der Waals surface area contributed by atoms with E-state index in [-0.39, 0.29) is 11.7 Å².